The number of likely N-dealkylation sites (N-methyl/N-ethyl adjacent to an activating group) is 1. The first-order valence-electron chi connectivity index (χ1n) is 6.00. The van der Waals surface area contributed by atoms with Crippen molar-refractivity contribution >= 4 is 11.6 Å². The summed E-state index contributed by atoms with van der Waals surface area (Å²) in [6.45, 7) is 1.93. The number of rotatable bonds is 4. The molecule has 1 heterocycles. The molecular weight excluding hydrogens is 265 g/mol. The number of nitrogens with one attached hydrogen (secondary N) is 1. The van der Waals surface area contributed by atoms with E-state index in [0.29, 0.717) is 17.8 Å². The first-order valence-corrected chi connectivity index (χ1v) is 6.38. The minimum Gasteiger partial charge on any atom is -0.310 e. The van der Waals surface area contributed by atoms with Crippen LogP contribution in [0.2, 0.25) is 5.02 Å². The van der Waals surface area contributed by atoms with Gasteiger partial charge in [-0.25, -0.2) is 14.4 Å². The Morgan fingerprint density at radius 1 is 1.32 bits per heavy atom. The third kappa shape index (κ3) is 3.28. The molecule has 1 aromatic heterocycles. The number of hydrogen-bond acceptors (Lipinski definition) is 3. The Kier molecular flexibility index (Phi) is 4.45. The number of benzene rings is 1. The Bertz CT molecular complexity index is 557. The fourth-order valence-electron chi connectivity index (χ4n) is 1.83. The van der Waals surface area contributed by atoms with Crippen LogP contribution in [0.4, 0.5) is 4.39 Å². The predicted molar refractivity (Wildman–Crippen MR) is 73.7 cm³/mol. The van der Waals surface area contributed by atoms with E-state index in [-0.39, 0.29) is 16.9 Å². The largest absolute Gasteiger partial charge is 0.310 e. The van der Waals surface area contributed by atoms with Crippen LogP contribution < -0.4 is 5.32 Å². The Morgan fingerprint density at radius 3 is 2.63 bits per heavy atom. The van der Waals surface area contributed by atoms with Crippen molar-refractivity contribution in [1.82, 2.24) is 15.3 Å². The molecule has 1 unspecified atom stereocenters. The molecule has 3 nitrogen and oxygen atoms in total. The standard InChI is InChI=1S/C14H15ClFN3/c1-9-7-18-14(19-8-9)12(17-2)6-10-4-3-5-11(15)13(10)16/h3-5,7-8,12,17H,6H2,1-2H3. The number of aromatic nitrogens is 2. The predicted octanol–water partition coefficient (Wildman–Crippen LogP) is 3.08. The molecule has 0 radical (unpaired) electrons. The maximum Gasteiger partial charge on any atom is 0.145 e. The normalized spacial score (nSPS) is 12.4. The minimum atomic E-state index is -0.378. The summed E-state index contributed by atoms with van der Waals surface area (Å²) < 4.78 is 13.9. The van der Waals surface area contributed by atoms with Gasteiger partial charge in [0.15, 0.2) is 0 Å². The van der Waals surface area contributed by atoms with E-state index in [1.807, 2.05) is 6.92 Å². The summed E-state index contributed by atoms with van der Waals surface area (Å²) >= 11 is 5.78. The molecular formula is C14H15ClFN3. The summed E-state index contributed by atoms with van der Waals surface area (Å²) in [4.78, 5) is 8.54. The summed E-state index contributed by atoms with van der Waals surface area (Å²) in [6.07, 6.45) is 3.95. The summed E-state index contributed by atoms with van der Waals surface area (Å²) in [6, 6.07) is 4.86. The lowest BCUT2D eigenvalue weighted by molar-refractivity contribution is 0.532. The molecule has 0 bridgehead atoms. The van der Waals surface area contributed by atoms with Crippen molar-refractivity contribution in [3.8, 4) is 0 Å². The maximum atomic E-state index is 13.9. The highest BCUT2D eigenvalue weighted by molar-refractivity contribution is 6.30. The second-order valence-electron chi connectivity index (χ2n) is 4.38. The molecule has 2 rings (SSSR count). The van der Waals surface area contributed by atoms with E-state index in [2.05, 4.69) is 15.3 Å². The van der Waals surface area contributed by atoms with Gasteiger partial charge in [-0.2, -0.15) is 0 Å². The van der Waals surface area contributed by atoms with E-state index in [9.17, 15) is 4.39 Å². The van der Waals surface area contributed by atoms with Gasteiger partial charge in [-0.05, 0) is 37.6 Å². The Hall–Kier alpha value is -1.52. The van der Waals surface area contributed by atoms with Crippen LogP contribution in [0.25, 0.3) is 0 Å². The van der Waals surface area contributed by atoms with Crippen molar-refractivity contribution in [2.45, 2.75) is 19.4 Å². The van der Waals surface area contributed by atoms with Crippen LogP contribution in [0.1, 0.15) is 23.0 Å². The topological polar surface area (TPSA) is 37.8 Å². The highest BCUT2D eigenvalue weighted by Gasteiger charge is 2.16. The Morgan fingerprint density at radius 2 is 2.00 bits per heavy atom. The fourth-order valence-corrected chi connectivity index (χ4v) is 2.03. The second-order valence-corrected chi connectivity index (χ2v) is 4.78. The Balaban J connectivity index is 2.24. The molecule has 2 aromatic rings. The van der Waals surface area contributed by atoms with E-state index >= 15 is 0 Å². The van der Waals surface area contributed by atoms with Crippen molar-refractivity contribution in [2.75, 3.05) is 7.05 Å². The van der Waals surface area contributed by atoms with Gasteiger partial charge in [0, 0.05) is 12.4 Å². The van der Waals surface area contributed by atoms with Crippen LogP contribution in [0.15, 0.2) is 30.6 Å². The van der Waals surface area contributed by atoms with Crippen LogP contribution in [0.3, 0.4) is 0 Å². The zero-order valence-corrected chi connectivity index (χ0v) is 11.6. The monoisotopic (exact) mass is 279 g/mol. The lowest BCUT2D eigenvalue weighted by Gasteiger charge is -2.15. The molecule has 0 aliphatic carbocycles. The van der Waals surface area contributed by atoms with Crippen molar-refractivity contribution in [3.05, 3.63) is 58.4 Å². The summed E-state index contributed by atoms with van der Waals surface area (Å²) in [5, 5.41) is 3.23. The van der Waals surface area contributed by atoms with Gasteiger partial charge in [0.25, 0.3) is 0 Å². The van der Waals surface area contributed by atoms with Crippen LogP contribution in [0, 0.1) is 12.7 Å². The van der Waals surface area contributed by atoms with Gasteiger partial charge in [-0.1, -0.05) is 23.7 Å². The molecule has 1 atom stereocenters. The van der Waals surface area contributed by atoms with E-state index in [0.717, 1.165) is 5.56 Å². The van der Waals surface area contributed by atoms with Gasteiger partial charge in [-0.3, -0.25) is 0 Å². The van der Waals surface area contributed by atoms with Gasteiger partial charge in [-0.15, -0.1) is 0 Å². The zero-order chi connectivity index (χ0) is 13.8. The van der Waals surface area contributed by atoms with Crippen molar-refractivity contribution in [2.24, 2.45) is 0 Å². The molecule has 0 saturated heterocycles. The van der Waals surface area contributed by atoms with E-state index < -0.39 is 0 Å². The number of nitrogens with zero attached hydrogens (tertiary/aromatic N) is 2. The third-order valence-corrected chi connectivity index (χ3v) is 3.21. The van der Waals surface area contributed by atoms with Crippen LogP contribution in [0.5, 0.6) is 0 Å². The molecule has 0 spiro atoms. The average molecular weight is 280 g/mol. The molecule has 0 amide bonds. The third-order valence-electron chi connectivity index (χ3n) is 2.92. The first kappa shape index (κ1) is 13.9. The van der Waals surface area contributed by atoms with Gasteiger partial charge < -0.3 is 5.32 Å². The fraction of sp³-hybridized carbons (Fsp3) is 0.286. The molecule has 5 heteroatoms. The molecule has 1 aromatic carbocycles. The summed E-state index contributed by atoms with van der Waals surface area (Å²) in [7, 11) is 1.80. The first-order chi connectivity index (χ1) is 9.11. The lowest BCUT2D eigenvalue weighted by atomic mass is 10.0. The number of aryl methyl sites for hydroxylation is 1. The minimum absolute atomic E-state index is 0.136. The van der Waals surface area contributed by atoms with Gasteiger partial charge >= 0.3 is 0 Å². The highest BCUT2D eigenvalue weighted by Crippen LogP contribution is 2.22. The molecule has 0 saturated carbocycles. The quantitative estimate of drug-likeness (QED) is 0.935. The van der Waals surface area contributed by atoms with Crippen LogP contribution in [-0.4, -0.2) is 17.0 Å². The SMILES string of the molecule is CNC(Cc1cccc(Cl)c1F)c1ncc(C)cn1. The average Bonchev–Trinajstić information content (AvgIpc) is 2.42. The van der Waals surface area contributed by atoms with Gasteiger partial charge in [0.1, 0.15) is 11.6 Å². The lowest BCUT2D eigenvalue weighted by Crippen LogP contribution is -2.21. The molecule has 0 aliphatic heterocycles. The maximum absolute atomic E-state index is 13.9. The Labute approximate surface area is 116 Å². The molecule has 0 aliphatic rings. The van der Waals surface area contributed by atoms with E-state index in [1.165, 1.54) is 6.07 Å². The highest BCUT2D eigenvalue weighted by atomic mass is 35.5. The van der Waals surface area contributed by atoms with Gasteiger partial charge in [0.05, 0.1) is 11.1 Å². The van der Waals surface area contributed by atoms with Crippen molar-refractivity contribution < 1.29 is 4.39 Å². The molecule has 0 fully saturated rings. The number of hydrogen-bond donors (Lipinski definition) is 1. The van der Waals surface area contributed by atoms with Crippen molar-refractivity contribution in [1.29, 1.82) is 0 Å². The van der Waals surface area contributed by atoms with Crippen LogP contribution >= 0.6 is 11.6 Å². The summed E-state index contributed by atoms with van der Waals surface area (Å²) in [5.74, 6) is 0.268. The molecule has 19 heavy (non-hydrogen) atoms. The van der Waals surface area contributed by atoms with E-state index in [4.69, 9.17) is 11.6 Å². The summed E-state index contributed by atoms with van der Waals surface area (Å²) in [5.41, 5.74) is 1.54. The second kappa shape index (κ2) is 6.08. The smallest absolute Gasteiger partial charge is 0.145 e. The van der Waals surface area contributed by atoms with Gasteiger partial charge in [0.2, 0.25) is 0 Å². The zero-order valence-electron chi connectivity index (χ0n) is 10.8. The number of halogens is 2. The van der Waals surface area contributed by atoms with Crippen LogP contribution in [-0.2, 0) is 6.42 Å². The van der Waals surface area contributed by atoms with Crippen molar-refractivity contribution in [3.63, 3.8) is 0 Å². The molecule has 1 N–H and O–H groups in total. The molecule has 100 valence electrons. The van der Waals surface area contributed by atoms with E-state index in [1.54, 1.807) is 31.6 Å².